The van der Waals surface area contributed by atoms with E-state index >= 15 is 0 Å². The Balaban J connectivity index is 2.49. The van der Waals surface area contributed by atoms with Gasteiger partial charge in [-0.2, -0.15) is 4.48 Å². The Morgan fingerprint density at radius 2 is 2.25 bits per heavy atom. The Hall–Kier alpha value is -1.95. The summed E-state index contributed by atoms with van der Waals surface area (Å²) in [5.41, 5.74) is 0. The van der Waals surface area contributed by atoms with Crippen molar-refractivity contribution in [3.63, 3.8) is 0 Å². The number of amides is 2. The molecule has 2 heterocycles. The summed E-state index contributed by atoms with van der Waals surface area (Å²) in [6, 6.07) is 4.19. The summed E-state index contributed by atoms with van der Waals surface area (Å²) < 4.78 is -0.0619. The lowest BCUT2D eigenvalue weighted by Crippen LogP contribution is -2.54. The lowest BCUT2D eigenvalue weighted by Gasteiger charge is -2.30. The quantitative estimate of drug-likeness (QED) is 0.738. The molecule has 0 spiro atoms. The smallest absolute Gasteiger partial charge is 0.426 e. The van der Waals surface area contributed by atoms with Crippen LogP contribution in [0.4, 0.5) is 10.6 Å². The number of nitrogens with zero attached hydrogens (tertiary/aromatic N) is 3. The number of carboxylic acids is 1. The topological polar surface area (TPSA) is 73.3 Å². The molecule has 0 aromatic carbocycles. The summed E-state index contributed by atoms with van der Waals surface area (Å²) in [7, 11) is 1.51. The summed E-state index contributed by atoms with van der Waals surface area (Å²) in [5.74, 6) is -0.405. The summed E-state index contributed by atoms with van der Waals surface area (Å²) in [4.78, 5) is 29.4. The molecule has 108 valence electrons. The van der Waals surface area contributed by atoms with Crippen LogP contribution in [0.25, 0.3) is 0 Å². The van der Waals surface area contributed by atoms with Crippen molar-refractivity contribution in [1.82, 2.24) is 14.4 Å². The second-order valence-electron chi connectivity index (χ2n) is 5.64. The van der Waals surface area contributed by atoms with Gasteiger partial charge in [0.05, 0.1) is 12.5 Å². The van der Waals surface area contributed by atoms with Crippen LogP contribution in [0.5, 0.6) is 0 Å². The molecule has 1 aliphatic heterocycles. The first-order valence-electron chi connectivity index (χ1n) is 6.65. The SMILES string of the molecule is CC(C)C[N+]1(c2ccccn2)CC(C(=O)[O-])N(C)C1=O. The maximum atomic E-state index is 12.6. The van der Waals surface area contributed by atoms with Crippen molar-refractivity contribution in [1.29, 1.82) is 0 Å². The van der Waals surface area contributed by atoms with Crippen molar-refractivity contribution in [3.05, 3.63) is 24.4 Å². The Bertz CT molecular complexity index is 518. The maximum Gasteiger partial charge on any atom is 0.426 e. The molecule has 2 unspecified atom stereocenters. The number of pyridine rings is 1. The van der Waals surface area contributed by atoms with Crippen LogP contribution in [0.15, 0.2) is 24.4 Å². The fraction of sp³-hybridized carbons (Fsp3) is 0.500. The number of aromatic nitrogens is 1. The van der Waals surface area contributed by atoms with E-state index in [9.17, 15) is 14.7 Å². The number of hydrogen-bond donors (Lipinski definition) is 0. The average Bonchev–Trinajstić information content (AvgIpc) is 2.65. The number of carboxylic acid groups (broad SMARTS) is 1. The van der Waals surface area contributed by atoms with E-state index in [1.807, 2.05) is 19.9 Å². The highest BCUT2D eigenvalue weighted by atomic mass is 16.4. The van der Waals surface area contributed by atoms with Gasteiger partial charge >= 0.3 is 6.03 Å². The lowest BCUT2D eigenvalue weighted by molar-refractivity contribution is -0.309. The van der Waals surface area contributed by atoms with Gasteiger partial charge in [-0.05, 0) is 6.07 Å². The van der Waals surface area contributed by atoms with Crippen LogP contribution in [0.2, 0.25) is 0 Å². The molecule has 1 aliphatic rings. The first-order valence-corrected chi connectivity index (χ1v) is 6.65. The van der Waals surface area contributed by atoms with E-state index in [1.54, 1.807) is 18.3 Å². The number of likely N-dealkylation sites (N-methyl/N-ethyl adjacent to an activating group) is 1. The number of quaternary nitrogens is 1. The molecule has 0 aliphatic carbocycles. The number of hydrogen-bond acceptors (Lipinski definition) is 4. The van der Waals surface area contributed by atoms with E-state index in [0.29, 0.717) is 12.4 Å². The van der Waals surface area contributed by atoms with E-state index in [1.165, 1.54) is 11.9 Å². The van der Waals surface area contributed by atoms with Gasteiger partial charge in [-0.15, -0.1) is 0 Å². The molecular weight excluding hydrogens is 258 g/mol. The Kier molecular flexibility index (Phi) is 3.76. The zero-order chi connectivity index (χ0) is 14.9. The lowest BCUT2D eigenvalue weighted by atomic mass is 10.1. The minimum absolute atomic E-state index is 0.0619. The third-order valence-corrected chi connectivity index (χ3v) is 3.66. The molecule has 2 amide bonds. The molecule has 6 heteroatoms. The van der Waals surface area contributed by atoms with Gasteiger partial charge in [0.2, 0.25) is 5.82 Å². The summed E-state index contributed by atoms with van der Waals surface area (Å²) in [5, 5.41) is 11.2. The highest BCUT2D eigenvalue weighted by Crippen LogP contribution is 2.31. The third kappa shape index (κ3) is 2.27. The van der Waals surface area contributed by atoms with Gasteiger partial charge in [0, 0.05) is 25.2 Å². The molecule has 0 N–H and O–H groups in total. The fourth-order valence-corrected chi connectivity index (χ4v) is 2.83. The molecule has 0 radical (unpaired) electrons. The standard InChI is InChI=1S/C14H19N3O3/c1-10(2)8-17(12-6-4-5-7-15-12)9-11(13(18)19)16(3)14(17)20/h4-7,10-11H,8-9H2,1-3H3. The van der Waals surface area contributed by atoms with Crippen LogP contribution in [-0.2, 0) is 4.79 Å². The predicted molar refractivity (Wildman–Crippen MR) is 72.6 cm³/mol. The molecule has 1 aromatic rings. The number of urea groups is 1. The van der Waals surface area contributed by atoms with Crippen molar-refractivity contribution in [3.8, 4) is 0 Å². The minimum Gasteiger partial charge on any atom is -0.548 e. The van der Waals surface area contributed by atoms with E-state index in [-0.39, 0.29) is 23.0 Å². The second-order valence-corrected chi connectivity index (χ2v) is 5.64. The molecule has 20 heavy (non-hydrogen) atoms. The normalized spacial score (nSPS) is 26.3. The van der Waals surface area contributed by atoms with Crippen LogP contribution in [0.1, 0.15) is 13.8 Å². The molecule has 1 saturated heterocycles. The minimum atomic E-state index is -1.22. The highest BCUT2D eigenvalue weighted by Gasteiger charge is 2.53. The molecule has 2 atom stereocenters. The summed E-state index contributed by atoms with van der Waals surface area (Å²) in [6.45, 7) is 4.68. The summed E-state index contributed by atoms with van der Waals surface area (Å²) in [6.07, 6.45) is 1.62. The molecule has 2 rings (SSSR count). The highest BCUT2D eigenvalue weighted by molar-refractivity contribution is 5.93. The second kappa shape index (κ2) is 5.20. The van der Waals surface area contributed by atoms with Gasteiger partial charge in [-0.3, -0.25) is 4.90 Å². The van der Waals surface area contributed by atoms with E-state index in [0.717, 1.165) is 0 Å². The van der Waals surface area contributed by atoms with Crippen molar-refractivity contribution in [2.75, 3.05) is 20.1 Å². The van der Waals surface area contributed by atoms with Crippen molar-refractivity contribution in [2.45, 2.75) is 19.9 Å². The number of carbonyl (C=O) groups excluding carboxylic acids is 2. The van der Waals surface area contributed by atoms with Gasteiger partial charge in [-0.25, -0.2) is 9.78 Å². The fourth-order valence-electron chi connectivity index (χ4n) is 2.83. The van der Waals surface area contributed by atoms with Gasteiger partial charge in [-0.1, -0.05) is 19.9 Å². The first-order chi connectivity index (χ1) is 9.38. The largest absolute Gasteiger partial charge is 0.548 e. The average molecular weight is 277 g/mol. The third-order valence-electron chi connectivity index (χ3n) is 3.66. The zero-order valence-corrected chi connectivity index (χ0v) is 11.9. The van der Waals surface area contributed by atoms with Gasteiger partial charge in [0.25, 0.3) is 0 Å². The predicted octanol–water partition coefficient (Wildman–Crippen LogP) is 0.229. The van der Waals surface area contributed by atoms with Crippen molar-refractivity contribution < 1.29 is 14.7 Å². The molecule has 0 saturated carbocycles. The van der Waals surface area contributed by atoms with Crippen LogP contribution in [-0.4, -0.2) is 48.1 Å². The van der Waals surface area contributed by atoms with Crippen LogP contribution in [0.3, 0.4) is 0 Å². The maximum absolute atomic E-state index is 12.6. The Labute approximate surface area is 118 Å². The van der Waals surface area contributed by atoms with Crippen molar-refractivity contribution in [2.24, 2.45) is 5.92 Å². The van der Waals surface area contributed by atoms with Crippen LogP contribution in [0, 0.1) is 5.92 Å². The zero-order valence-electron chi connectivity index (χ0n) is 11.9. The number of aliphatic carboxylic acids is 1. The number of rotatable bonds is 4. The van der Waals surface area contributed by atoms with E-state index < -0.39 is 12.0 Å². The van der Waals surface area contributed by atoms with Crippen molar-refractivity contribution >= 4 is 17.8 Å². The van der Waals surface area contributed by atoms with Crippen LogP contribution >= 0.6 is 0 Å². The Morgan fingerprint density at radius 3 is 2.70 bits per heavy atom. The van der Waals surface area contributed by atoms with E-state index in [2.05, 4.69) is 4.98 Å². The van der Waals surface area contributed by atoms with Gasteiger partial charge in [0.15, 0.2) is 0 Å². The van der Waals surface area contributed by atoms with Crippen LogP contribution < -0.4 is 9.59 Å². The van der Waals surface area contributed by atoms with Gasteiger partial charge in [0.1, 0.15) is 12.6 Å². The monoisotopic (exact) mass is 277 g/mol. The molecule has 1 aromatic heterocycles. The molecule has 0 bridgehead atoms. The molecule has 6 nitrogen and oxygen atoms in total. The Morgan fingerprint density at radius 1 is 1.55 bits per heavy atom. The van der Waals surface area contributed by atoms with E-state index in [4.69, 9.17) is 0 Å². The first kappa shape index (κ1) is 14.5. The number of carbonyl (C=O) groups is 2. The van der Waals surface area contributed by atoms with Gasteiger partial charge < -0.3 is 9.90 Å². The molecular formula is C14H19N3O3. The summed E-state index contributed by atoms with van der Waals surface area (Å²) >= 11 is 0. The molecule has 1 fully saturated rings.